The Balaban J connectivity index is 1.46. The van der Waals surface area contributed by atoms with Crippen molar-refractivity contribution in [2.24, 2.45) is 5.92 Å². The molecule has 1 aliphatic heterocycles. The Morgan fingerprint density at radius 2 is 1.82 bits per heavy atom. The molecule has 0 bridgehead atoms. The molecule has 2 heterocycles. The number of Topliss-reactive ketones (excluding diaryl/α,β-unsaturated/α-hetero) is 1. The number of nitrogens with zero attached hydrogens (tertiary/aromatic N) is 1. The molecule has 1 aliphatic rings. The first-order valence-electron chi connectivity index (χ1n) is 12.8. The Morgan fingerprint density at radius 3 is 2.49 bits per heavy atom. The normalized spacial score (nSPS) is 17.7. The number of carbonyl (C=O) groups is 3. The summed E-state index contributed by atoms with van der Waals surface area (Å²) in [6, 6.07) is 11.3. The van der Waals surface area contributed by atoms with Crippen LogP contribution in [0.25, 0.3) is 11.0 Å². The summed E-state index contributed by atoms with van der Waals surface area (Å²) in [4.78, 5) is 39.6. The van der Waals surface area contributed by atoms with Crippen molar-refractivity contribution in [1.82, 2.24) is 14.9 Å². The molecule has 1 saturated heterocycles. The van der Waals surface area contributed by atoms with E-state index in [1.165, 1.54) is 24.3 Å². The summed E-state index contributed by atoms with van der Waals surface area (Å²) in [5.41, 5.74) is 1.25. The second-order valence-electron chi connectivity index (χ2n) is 10.2. The zero-order chi connectivity index (χ0) is 28.3. The number of hydrogen-bond acceptors (Lipinski definition) is 6. The molecular formula is C28H32ClN3O6S. The minimum absolute atomic E-state index is 0.0442. The molecule has 2 atom stereocenters. The van der Waals surface area contributed by atoms with E-state index in [4.69, 9.17) is 16.0 Å². The van der Waals surface area contributed by atoms with Gasteiger partial charge in [0.1, 0.15) is 11.6 Å². The van der Waals surface area contributed by atoms with E-state index in [1.807, 2.05) is 32.0 Å². The smallest absolute Gasteiger partial charge is 0.287 e. The Morgan fingerprint density at radius 1 is 1.13 bits per heavy atom. The highest BCUT2D eigenvalue weighted by Crippen LogP contribution is 2.25. The van der Waals surface area contributed by atoms with E-state index in [2.05, 4.69) is 10.6 Å². The van der Waals surface area contributed by atoms with Crippen molar-refractivity contribution in [2.45, 2.75) is 57.0 Å². The Labute approximate surface area is 232 Å². The van der Waals surface area contributed by atoms with Crippen LogP contribution in [0.4, 0.5) is 0 Å². The number of aryl methyl sites for hydroxylation is 1. The lowest BCUT2D eigenvalue weighted by atomic mass is 10.0. The van der Waals surface area contributed by atoms with E-state index in [0.717, 1.165) is 9.69 Å². The van der Waals surface area contributed by atoms with Crippen LogP contribution >= 0.6 is 11.6 Å². The Bertz CT molecular complexity index is 1480. The number of benzene rings is 2. The van der Waals surface area contributed by atoms with Gasteiger partial charge in [-0.25, -0.2) is 8.42 Å². The van der Waals surface area contributed by atoms with E-state index in [0.29, 0.717) is 29.0 Å². The quantitative estimate of drug-likeness (QED) is 0.418. The number of nitrogens with one attached hydrogen (secondary N) is 2. The maximum absolute atomic E-state index is 13.3. The lowest BCUT2D eigenvalue weighted by Gasteiger charge is -2.23. The number of ketones is 1. The second-order valence-corrected chi connectivity index (χ2v) is 12.5. The maximum Gasteiger partial charge on any atom is 0.287 e. The van der Waals surface area contributed by atoms with Gasteiger partial charge in [0.2, 0.25) is 15.9 Å². The van der Waals surface area contributed by atoms with Crippen LogP contribution in [0.3, 0.4) is 0 Å². The monoisotopic (exact) mass is 573 g/mol. The third-order valence-corrected chi connectivity index (χ3v) is 8.88. The predicted octanol–water partition coefficient (Wildman–Crippen LogP) is 4.08. The summed E-state index contributed by atoms with van der Waals surface area (Å²) in [5.74, 6) is -1.23. The summed E-state index contributed by atoms with van der Waals surface area (Å²) >= 11 is 5.88. The Kier molecular flexibility index (Phi) is 8.78. The van der Waals surface area contributed by atoms with Crippen LogP contribution in [0.2, 0.25) is 5.02 Å². The summed E-state index contributed by atoms with van der Waals surface area (Å²) < 4.78 is 33.1. The van der Waals surface area contributed by atoms with E-state index in [-0.39, 0.29) is 36.1 Å². The molecule has 2 N–H and O–H groups in total. The molecule has 2 aromatic carbocycles. The first-order chi connectivity index (χ1) is 18.5. The van der Waals surface area contributed by atoms with Gasteiger partial charge in [-0.2, -0.15) is 4.31 Å². The van der Waals surface area contributed by atoms with Gasteiger partial charge in [-0.15, -0.1) is 0 Å². The number of fused-ring (bicyclic) bond motifs is 1. The number of amides is 2. The van der Waals surface area contributed by atoms with Gasteiger partial charge in [0, 0.05) is 22.5 Å². The molecule has 1 fully saturated rings. The average Bonchev–Trinajstić information content (AvgIpc) is 3.11. The molecule has 0 aliphatic carbocycles. The van der Waals surface area contributed by atoms with Crippen molar-refractivity contribution >= 4 is 50.2 Å². The van der Waals surface area contributed by atoms with Crippen LogP contribution in [0.5, 0.6) is 0 Å². The fraction of sp³-hybridized carbons (Fsp3) is 0.393. The van der Waals surface area contributed by atoms with Crippen LogP contribution in [0.15, 0.2) is 57.8 Å². The summed E-state index contributed by atoms with van der Waals surface area (Å²) in [7, 11) is -3.91. The molecule has 0 spiro atoms. The van der Waals surface area contributed by atoms with E-state index >= 15 is 0 Å². The average molecular weight is 574 g/mol. The first-order valence-corrected chi connectivity index (χ1v) is 14.7. The SMILES string of the molecule is Cc1c(C(=O)NC(CC(C)C)C(=O)NC2CCCN(S(=O)(=O)c3ccc(Cl)cc3)CC2=O)oc2ccccc12. The van der Waals surface area contributed by atoms with E-state index < -0.39 is 39.7 Å². The van der Waals surface area contributed by atoms with Crippen molar-refractivity contribution in [3.8, 4) is 0 Å². The van der Waals surface area contributed by atoms with Crippen LogP contribution < -0.4 is 10.6 Å². The van der Waals surface area contributed by atoms with Crippen LogP contribution in [0.1, 0.15) is 49.2 Å². The summed E-state index contributed by atoms with van der Waals surface area (Å²) in [6.07, 6.45) is 1.000. The minimum atomic E-state index is -3.91. The fourth-order valence-corrected chi connectivity index (χ4v) is 6.27. The Hall–Kier alpha value is -3.21. The van der Waals surface area contributed by atoms with Gasteiger partial charge in [-0.1, -0.05) is 43.6 Å². The highest BCUT2D eigenvalue weighted by molar-refractivity contribution is 7.89. The van der Waals surface area contributed by atoms with Crippen LogP contribution in [-0.4, -0.2) is 55.5 Å². The zero-order valence-electron chi connectivity index (χ0n) is 22.1. The van der Waals surface area contributed by atoms with Gasteiger partial charge >= 0.3 is 0 Å². The highest BCUT2D eigenvalue weighted by Gasteiger charge is 2.34. The van der Waals surface area contributed by atoms with Crippen molar-refractivity contribution in [3.63, 3.8) is 0 Å². The van der Waals surface area contributed by atoms with Gasteiger partial charge < -0.3 is 15.1 Å². The number of hydrogen-bond donors (Lipinski definition) is 2. The maximum atomic E-state index is 13.3. The van der Waals surface area contributed by atoms with E-state index in [1.54, 1.807) is 13.0 Å². The minimum Gasteiger partial charge on any atom is -0.451 e. The molecule has 3 aromatic rings. The van der Waals surface area contributed by atoms with Crippen LogP contribution in [0, 0.1) is 12.8 Å². The first kappa shape index (κ1) is 28.8. The summed E-state index contributed by atoms with van der Waals surface area (Å²) in [6.45, 7) is 5.41. The second kappa shape index (κ2) is 11.9. The third-order valence-electron chi connectivity index (χ3n) is 6.77. The van der Waals surface area contributed by atoms with Gasteiger partial charge in [0.15, 0.2) is 11.5 Å². The van der Waals surface area contributed by atoms with Gasteiger partial charge in [-0.3, -0.25) is 14.4 Å². The summed E-state index contributed by atoms with van der Waals surface area (Å²) in [5, 5.41) is 6.75. The molecule has 208 valence electrons. The standard InChI is InChI=1S/C28H32ClN3O6S/c1-17(2)15-23(31-28(35)26-18(3)21-7-4-5-9-25(21)38-26)27(34)30-22-8-6-14-32(16-24(22)33)39(36,37)20-12-10-19(29)11-13-20/h4-5,7,9-13,17,22-23H,6,8,14-16H2,1-3H3,(H,30,34)(H,31,35). The molecule has 2 unspecified atom stereocenters. The molecule has 0 radical (unpaired) electrons. The number of furan rings is 1. The van der Waals surface area contributed by atoms with Crippen LogP contribution in [-0.2, 0) is 19.6 Å². The molecule has 1 aromatic heterocycles. The molecule has 11 heteroatoms. The number of rotatable bonds is 8. The number of sulfonamides is 1. The number of halogens is 1. The van der Waals surface area contributed by atoms with Crippen molar-refractivity contribution in [1.29, 1.82) is 0 Å². The van der Waals surface area contributed by atoms with Gasteiger partial charge in [0.25, 0.3) is 5.91 Å². The zero-order valence-corrected chi connectivity index (χ0v) is 23.6. The predicted molar refractivity (Wildman–Crippen MR) is 148 cm³/mol. The fourth-order valence-electron chi connectivity index (χ4n) is 4.70. The van der Waals surface area contributed by atoms with Gasteiger partial charge in [0.05, 0.1) is 17.5 Å². The lowest BCUT2D eigenvalue weighted by Crippen LogP contribution is -2.52. The number of para-hydroxylation sites is 1. The largest absolute Gasteiger partial charge is 0.451 e. The molecular weight excluding hydrogens is 542 g/mol. The topological polar surface area (TPSA) is 126 Å². The molecule has 0 saturated carbocycles. The third kappa shape index (κ3) is 6.51. The number of carbonyl (C=O) groups excluding carboxylic acids is 3. The lowest BCUT2D eigenvalue weighted by molar-refractivity contribution is -0.129. The molecule has 2 amide bonds. The van der Waals surface area contributed by atoms with Crippen molar-refractivity contribution in [3.05, 3.63) is 64.9 Å². The van der Waals surface area contributed by atoms with Gasteiger partial charge in [-0.05, 0) is 62.4 Å². The van der Waals surface area contributed by atoms with E-state index in [9.17, 15) is 22.8 Å². The van der Waals surface area contributed by atoms with Crippen molar-refractivity contribution in [2.75, 3.05) is 13.1 Å². The highest BCUT2D eigenvalue weighted by atomic mass is 35.5. The molecule has 9 nitrogen and oxygen atoms in total. The molecule has 39 heavy (non-hydrogen) atoms. The molecule has 4 rings (SSSR count). The van der Waals surface area contributed by atoms with Crippen molar-refractivity contribution < 1.29 is 27.2 Å².